The van der Waals surface area contributed by atoms with Crippen molar-refractivity contribution >= 4 is 29.6 Å². The highest BCUT2D eigenvalue weighted by molar-refractivity contribution is 6.05. The largest absolute Gasteiger partial charge is 0.458 e. The summed E-state index contributed by atoms with van der Waals surface area (Å²) in [6.45, 7) is 15.2. The summed E-state index contributed by atoms with van der Waals surface area (Å²) < 4.78 is 15.8. The molecule has 0 aliphatic rings. The van der Waals surface area contributed by atoms with Crippen LogP contribution in [0.4, 0.5) is 15.3 Å². The monoisotopic (exact) mass is 464 g/mol. The standard InChI is InChI=1S/C24H36N2O7/c1-22(2,3)31-19(28)17(26-21(30)33-24(7,8)9)14-18(27)15-12-10-11-13-16(15)25-20(29)32-23(4,5)6/h10-13,17H,14H2,1-9H3,(H,25,29)(H,26,30)/t17-/m0/s1. The number of esters is 1. The second-order valence-electron chi connectivity index (χ2n) is 10.5. The van der Waals surface area contributed by atoms with E-state index >= 15 is 0 Å². The zero-order valence-electron chi connectivity index (χ0n) is 21.0. The molecule has 2 amide bonds. The minimum atomic E-state index is -1.29. The van der Waals surface area contributed by atoms with Crippen molar-refractivity contribution in [1.29, 1.82) is 0 Å². The first kappa shape index (κ1) is 27.9. The molecular formula is C24H36N2O7. The average Bonchev–Trinajstić information content (AvgIpc) is 2.56. The molecule has 0 saturated heterocycles. The number of Topliss-reactive ketones (excluding diaryl/α,β-unsaturated/α-hetero) is 1. The molecule has 1 rings (SSSR count). The first-order chi connectivity index (χ1) is 14.9. The number of nitrogens with one attached hydrogen (secondary N) is 2. The lowest BCUT2D eigenvalue weighted by Crippen LogP contribution is -2.47. The van der Waals surface area contributed by atoms with Gasteiger partial charge in [-0.25, -0.2) is 14.4 Å². The van der Waals surface area contributed by atoms with Crippen LogP contribution in [0, 0.1) is 0 Å². The fraction of sp³-hybridized carbons (Fsp3) is 0.583. The number of rotatable bonds is 6. The number of anilines is 1. The van der Waals surface area contributed by atoms with Gasteiger partial charge in [0.15, 0.2) is 5.78 Å². The number of hydrogen-bond donors (Lipinski definition) is 2. The van der Waals surface area contributed by atoms with Gasteiger partial charge in [0.05, 0.1) is 5.69 Å². The lowest BCUT2D eigenvalue weighted by atomic mass is 10.0. The van der Waals surface area contributed by atoms with Crippen molar-refractivity contribution in [2.45, 2.75) is 91.6 Å². The third-order valence-electron chi connectivity index (χ3n) is 3.63. The molecule has 184 valence electrons. The maximum Gasteiger partial charge on any atom is 0.412 e. The van der Waals surface area contributed by atoms with Crippen molar-refractivity contribution in [1.82, 2.24) is 5.32 Å². The Morgan fingerprint density at radius 1 is 0.758 bits per heavy atom. The minimum Gasteiger partial charge on any atom is -0.458 e. The smallest absolute Gasteiger partial charge is 0.412 e. The Morgan fingerprint density at radius 3 is 1.76 bits per heavy atom. The van der Waals surface area contributed by atoms with E-state index in [1.807, 2.05) is 0 Å². The van der Waals surface area contributed by atoms with Crippen molar-refractivity contribution in [3.8, 4) is 0 Å². The van der Waals surface area contributed by atoms with Gasteiger partial charge in [-0.2, -0.15) is 0 Å². The first-order valence-corrected chi connectivity index (χ1v) is 10.7. The van der Waals surface area contributed by atoms with Crippen LogP contribution >= 0.6 is 0 Å². The summed E-state index contributed by atoms with van der Waals surface area (Å²) in [5.74, 6) is -1.27. The summed E-state index contributed by atoms with van der Waals surface area (Å²) in [6, 6.07) is 5.03. The van der Waals surface area contributed by atoms with Gasteiger partial charge in [-0.15, -0.1) is 0 Å². The molecule has 1 aromatic rings. The van der Waals surface area contributed by atoms with Crippen molar-refractivity contribution < 1.29 is 33.4 Å². The van der Waals surface area contributed by atoms with Gasteiger partial charge >= 0.3 is 18.2 Å². The van der Waals surface area contributed by atoms with E-state index in [1.54, 1.807) is 80.5 Å². The van der Waals surface area contributed by atoms with Gasteiger partial charge in [0.2, 0.25) is 0 Å². The van der Waals surface area contributed by atoms with Crippen LogP contribution in [-0.4, -0.2) is 46.8 Å². The zero-order valence-corrected chi connectivity index (χ0v) is 21.0. The Balaban J connectivity index is 3.10. The maximum atomic E-state index is 13.1. The number of carbonyl (C=O) groups is 4. The highest BCUT2D eigenvalue weighted by Gasteiger charge is 2.31. The van der Waals surface area contributed by atoms with Crippen LogP contribution in [0.2, 0.25) is 0 Å². The van der Waals surface area contributed by atoms with Gasteiger partial charge in [0.1, 0.15) is 22.8 Å². The Hall–Kier alpha value is -3.10. The Morgan fingerprint density at radius 2 is 1.24 bits per heavy atom. The second kappa shape index (κ2) is 10.7. The molecule has 9 nitrogen and oxygen atoms in total. The van der Waals surface area contributed by atoms with Crippen LogP contribution in [0.3, 0.4) is 0 Å². The van der Waals surface area contributed by atoms with Crippen LogP contribution in [-0.2, 0) is 19.0 Å². The van der Waals surface area contributed by atoms with Gasteiger partial charge in [0.25, 0.3) is 0 Å². The van der Waals surface area contributed by atoms with Gasteiger partial charge < -0.3 is 19.5 Å². The third kappa shape index (κ3) is 11.4. The Kier molecular flexibility index (Phi) is 9.04. The van der Waals surface area contributed by atoms with Crippen molar-refractivity contribution in [2.24, 2.45) is 0 Å². The van der Waals surface area contributed by atoms with E-state index in [2.05, 4.69) is 10.6 Å². The summed E-state index contributed by atoms with van der Waals surface area (Å²) in [4.78, 5) is 50.3. The molecule has 33 heavy (non-hydrogen) atoms. The number of hydrogen-bond acceptors (Lipinski definition) is 7. The van der Waals surface area contributed by atoms with Gasteiger partial charge in [-0.05, 0) is 74.4 Å². The minimum absolute atomic E-state index is 0.155. The molecule has 0 saturated carbocycles. The van der Waals surface area contributed by atoms with Crippen molar-refractivity contribution in [2.75, 3.05) is 5.32 Å². The van der Waals surface area contributed by atoms with Crippen LogP contribution in [0.25, 0.3) is 0 Å². The molecular weight excluding hydrogens is 428 g/mol. The molecule has 1 aromatic carbocycles. The predicted octanol–water partition coefficient (Wildman–Crippen LogP) is 4.84. The number of alkyl carbamates (subject to hydrolysis) is 1. The number of carbonyl (C=O) groups excluding carboxylic acids is 4. The maximum absolute atomic E-state index is 13.1. The highest BCUT2D eigenvalue weighted by Crippen LogP contribution is 2.20. The van der Waals surface area contributed by atoms with Crippen LogP contribution in [0.15, 0.2) is 24.3 Å². The van der Waals surface area contributed by atoms with E-state index in [9.17, 15) is 19.2 Å². The Labute approximate surface area is 195 Å². The van der Waals surface area contributed by atoms with E-state index in [1.165, 1.54) is 6.07 Å². The molecule has 0 heterocycles. The fourth-order valence-electron chi connectivity index (χ4n) is 2.56. The summed E-state index contributed by atoms with van der Waals surface area (Å²) >= 11 is 0. The van der Waals surface area contributed by atoms with Gasteiger partial charge in [0, 0.05) is 12.0 Å². The lowest BCUT2D eigenvalue weighted by molar-refractivity contribution is -0.157. The first-order valence-electron chi connectivity index (χ1n) is 10.7. The molecule has 0 aliphatic carbocycles. The molecule has 0 aliphatic heterocycles. The highest BCUT2D eigenvalue weighted by atomic mass is 16.6. The molecule has 0 unspecified atom stereocenters. The zero-order chi connectivity index (χ0) is 25.6. The Bertz CT molecular complexity index is 874. The number of ether oxygens (including phenoxy) is 3. The van der Waals surface area contributed by atoms with E-state index in [4.69, 9.17) is 14.2 Å². The molecule has 2 N–H and O–H groups in total. The molecule has 0 spiro atoms. The average molecular weight is 465 g/mol. The summed E-state index contributed by atoms with van der Waals surface area (Å²) in [6.07, 6.45) is -1.98. The van der Waals surface area contributed by atoms with Crippen molar-refractivity contribution in [3.63, 3.8) is 0 Å². The van der Waals surface area contributed by atoms with Gasteiger partial charge in [-0.3, -0.25) is 10.1 Å². The van der Waals surface area contributed by atoms with Crippen LogP contribution in [0.1, 0.15) is 79.1 Å². The molecule has 1 atom stereocenters. The fourth-order valence-corrected chi connectivity index (χ4v) is 2.56. The SMILES string of the molecule is CC(C)(C)OC(=O)Nc1ccccc1C(=O)C[C@H](NC(=O)OC(C)(C)C)C(=O)OC(C)(C)C. The van der Waals surface area contributed by atoms with E-state index in [0.717, 1.165) is 0 Å². The summed E-state index contributed by atoms with van der Waals surface area (Å²) in [5, 5.41) is 4.97. The lowest BCUT2D eigenvalue weighted by Gasteiger charge is -2.26. The number of amides is 2. The number of benzene rings is 1. The second-order valence-corrected chi connectivity index (χ2v) is 10.5. The third-order valence-corrected chi connectivity index (χ3v) is 3.63. The van der Waals surface area contributed by atoms with Crippen LogP contribution < -0.4 is 10.6 Å². The molecule has 0 bridgehead atoms. The summed E-state index contributed by atoms with van der Waals surface area (Å²) in [7, 11) is 0. The number of ketones is 1. The number of para-hydroxylation sites is 1. The normalized spacial score (nSPS) is 12.9. The molecule has 0 radical (unpaired) electrons. The van der Waals surface area contributed by atoms with Crippen molar-refractivity contribution in [3.05, 3.63) is 29.8 Å². The topological polar surface area (TPSA) is 120 Å². The quantitative estimate of drug-likeness (QED) is 0.351. The van der Waals surface area contributed by atoms with E-state index in [-0.39, 0.29) is 11.3 Å². The predicted molar refractivity (Wildman–Crippen MR) is 124 cm³/mol. The summed E-state index contributed by atoms with van der Waals surface area (Å²) in [5.41, 5.74) is -1.97. The van der Waals surface area contributed by atoms with E-state index in [0.29, 0.717) is 0 Å². The molecule has 9 heteroatoms. The molecule has 0 fully saturated rings. The van der Waals surface area contributed by atoms with E-state index < -0.39 is 53.2 Å². The molecule has 0 aromatic heterocycles. The van der Waals surface area contributed by atoms with Gasteiger partial charge in [-0.1, -0.05) is 12.1 Å². The van der Waals surface area contributed by atoms with Crippen LogP contribution in [0.5, 0.6) is 0 Å².